The highest BCUT2D eigenvalue weighted by molar-refractivity contribution is 7.98. The van der Waals surface area contributed by atoms with E-state index in [4.69, 9.17) is 11.6 Å². The first-order chi connectivity index (χ1) is 14.1. The Labute approximate surface area is 177 Å². The number of aromatic amines is 1. The number of hydrogen-bond acceptors (Lipinski definition) is 3. The number of phenols is 1. The van der Waals surface area contributed by atoms with Crippen LogP contribution >= 0.6 is 23.4 Å². The van der Waals surface area contributed by atoms with Gasteiger partial charge in [-0.2, -0.15) is 0 Å². The molecule has 29 heavy (non-hydrogen) atoms. The Morgan fingerprint density at radius 3 is 2.76 bits per heavy atom. The number of halogens is 1. The Balaban J connectivity index is 1.62. The van der Waals surface area contributed by atoms with Crippen LogP contribution in [0.4, 0.5) is 5.69 Å². The lowest BCUT2D eigenvalue weighted by atomic mass is 9.95. The van der Waals surface area contributed by atoms with E-state index in [9.17, 15) is 9.90 Å². The molecule has 1 atom stereocenters. The van der Waals surface area contributed by atoms with Gasteiger partial charge < -0.3 is 15.0 Å². The number of nitrogens with zero attached hydrogens (tertiary/aromatic N) is 1. The Bertz CT molecular complexity index is 1270. The van der Waals surface area contributed by atoms with Gasteiger partial charge in [-0.3, -0.25) is 4.79 Å². The molecular weight excluding hydrogens is 404 g/mol. The van der Waals surface area contributed by atoms with Crippen LogP contribution in [0.5, 0.6) is 5.75 Å². The van der Waals surface area contributed by atoms with Crippen molar-refractivity contribution in [2.24, 2.45) is 0 Å². The van der Waals surface area contributed by atoms with Gasteiger partial charge >= 0.3 is 0 Å². The average Bonchev–Trinajstić information content (AvgIpc) is 3.34. The maximum Gasteiger partial charge on any atom is 0.274 e. The molecule has 2 heterocycles. The van der Waals surface area contributed by atoms with Crippen molar-refractivity contribution < 1.29 is 9.90 Å². The number of aromatic hydroxyl groups is 1. The van der Waals surface area contributed by atoms with Crippen molar-refractivity contribution in [1.82, 2.24) is 4.98 Å². The summed E-state index contributed by atoms with van der Waals surface area (Å²) in [5, 5.41) is 13.3. The number of H-pyrrole nitrogens is 1. The number of benzene rings is 3. The summed E-state index contributed by atoms with van der Waals surface area (Å²) in [6.07, 6.45) is 2.03. The zero-order valence-corrected chi connectivity index (χ0v) is 17.3. The van der Waals surface area contributed by atoms with E-state index in [0.717, 1.165) is 37.8 Å². The summed E-state index contributed by atoms with van der Waals surface area (Å²) in [5.41, 5.74) is 3.23. The number of nitrogens with one attached hydrogen (secondary N) is 1. The van der Waals surface area contributed by atoms with E-state index in [1.807, 2.05) is 48.7 Å². The molecule has 5 rings (SSSR count). The van der Waals surface area contributed by atoms with E-state index in [0.29, 0.717) is 18.1 Å². The number of phenolic OH excluding ortho intramolecular Hbond substituents is 1. The van der Waals surface area contributed by atoms with Crippen molar-refractivity contribution in [3.8, 4) is 5.75 Å². The Hall–Kier alpha value is -2.63. The van der Waals surface area contributed by atoms with Crippen LogP contribution < -0.4 is 4.90 Å². The van der Waals surface area contributed by atoms with Crippen LogP contribution in [0.25, 0.3) is 21.7 Å². The van der Waals surface area contributed by atoms with E-state index in [-0.39, 0.29) is 17.6 Å². The van der Waals surface area contributed by atoms with Crippen molar-refractivity contribution in [2.75, 3.05) is 23.6 Å². The lowest BCUT2D eigenvalue weighted by molar-refractivity contribution is 0.0984. The van der Waals surface area contributed by atoms with Crippen LogP contribution in [0.15, 0.2) is 59.5 Å². The highest BCUT2D eigenvalue weighted by atomic mass is 35.5. The third kappa shape index (κ3) is 2.88. The van der Waals surface area contributed by atoms with E-state index in [1.165, 1.54) is 0 Å². The molecule has 0 bridgehead atoms. The number of amides is 1. The molecule has 1 amide bonds. The predicted molar refractivity (Wildman–Crippen MR) is 121 cm³/mol. The second-order valence-corrected chi connectivity index (χ2v) is 8.47. The fraction of sp³-hybridized carbons (Fsp3) is 0.174. The normalized spacial score (nSPS) is 15.9. The van der Waals surface area contributed by atoms with E-state index in [2.05, 4.69) is 11.1 Å². The lowest BCUT2D eigenvalue weighted by Gasteiger charge is -2.17. The second-order valence-electron chi connectivity index (χ2n) is 7.28. The Kier molecular flexibility index (Phi) is 4.45. The van der Waals surface area contributed by atoms with Crippen molar-refractivity contribution in [3.05, 3.63) is 65.9 Å². The van der Waals surface area contributed by atoms with Crippen LogP contribution in [0.2, 0.25) is 0 Å². The molecular formula is C23H19ClN2O2S. The number of aromatic nitrogens is 1. The quantitative estimate of drug-likeness (QED) is 0.327. The summed E-state index contributed by atoms with van der Waals surface area (Å²) < 4.78 is 0. The zero-order valence-electron chi connectivity index (χ0n) is 15.8. The molecule has 0 spiro atoms. The first-order valence-electron chi connectivity index (χ1n) is 9.40. The maximum absolute atomic E-state index is 13.4. The third-order valence-electron chi connectivity index (χ3n) is 5.63. The van der Waals surface area contributed by atoms with Crippen LogP contribution in [0.1, 0.15) is 22.0 Å². The molecule has 0 radical (unpaired) electrons. The minimum absolute atomic E-state index is 0.0218. The molecule has 1 aromatic heterocycles. The number of carbonyl (C=O) groups is 1. The molecule has 0 aliphatic carbocycles. The molecule has 1 aliphatic heterocycles. The van der Waals surface area contributed by atoms with Gasteiger partial charge in [-0.15, -0.1) is 23.4 Å². The standard InChI is InChI=1S/C23H19ClN2O2S/c1-29-15-6-7-18-13(8-15)9-19(25-18)23(28)26-12-14(11-24)22-17-5-3-2-4-16(17)21(27)10-20(22)26/h2-10,14,25,27H,11-12H2,1H3/t14-/m1/s1. The number of fused-ring (bicyclic) bond motifs is 4. The number of rotatable bonds is 3. The first-order valence-corrected chi connectivity index (χ1v) is 11.2. The molecule has 6 heteroatoms. The topological polar surface area (TPSA) is 56.3 Å². The fourth-order valence-corrected chi connectivity index (χ4v) is 4.94. The molecule has 4 nitrogen and oxygen atoms in total. The molecule has 0 saturated carbocycles. The smallest absolute Gasteiger partial charge is 0.274 e. The predicted octanol–water partition coefficient (Wildman–Crippen LogP) is 5.73. The SMILES string of the molecule is CSc1ccc2[nH]c(C(=O)N3C[C@@H](CCl)c4c3cc(O)c3ccccc43)cc2c1. The highest BCUT2D eigenvalue weighted by Gasteiger charge is 2.35. The largest absolute Gasteiger partial charge is 0.507 e. The van der Waals surface area contributed by atoms with Crippen molar-refractivity contribution in [2.45, 2.75) is 10.8 Å². The number of carbonyl (C=O) groups excluding carboxylic acids is 1. The van der Waals surface area contributed by atoms with Crippen molar-refractivity contribution in [1.29, 1.82) is 0 Å². The summed E-state index contributed by atoms with van der Waals surface area (Å²) in [7, 11) is 0. The Morgan fingerprint density at radius 1 is 1.21 bits per heavy atom. The van der Waals surface area contributed by atoms with Crippen LogP contribution in [-0.4, -0.2) is 34.7 Å². The van der Waals surface area contributed by atoms with Gasteiger partial charge in [0.15, 0.2) is 0 Å². The van der Waals surface area contributed by atoms with Gasteiger partial charge in [0.25, 0.3) is 5.91 Å². The maximum atomic E-state index is 13.4. The van der Waals surface area contributed by atoms with Crippen LogP contribution in [-0.2, 0) is 0 Å². The highest BCUT2D eigenvalue weighted by Crippen LogP contribution is 2.45. The van der Waals surface area contributed by atoms with Crippen LogP contribution in [0, 0.1) is 0 Å². The zero-order chi connectivity index (χ0) is 20.1. The van der Waals surface area contributed by atoms with Crippen molar-refractivity contribution in [3.63, 3.8) is 0 Å². The summed E-state index contributed by atoms with van der Waals surface area (Å²) in [6.45, 7) is 0.497. The molecule has 146 valence electrons. The van der Waals surface area contributed by atoms with Gasteiger partial charge in [-0.05, 0) is 41.5 Å². The molecule has 1 aliphatic rings. The third-order valence-corrected chi connectivity index (χ3v) is 6.73. The van der Waals surface area contributed by atoms with Gasteiger partial charge in [0.1, 0.15) is 11.4 Å². The summed E-state index contributed by atoms with van der Waals surface area (Å²) in [5.74, 6) is 0.493. The van der Waals surface area contributed by atoms with Gasteiger partial charge in [0.05, 0.1) is 5.69 Å². The number of anilines is 1. The van der Waals surface area contributed by atoms with Gasteiger partial charge in [0.2, 0.25) is 0 Å². The van der Waals surface area contributed by atoms with Gasteiger partial charge in [0, 0.05) is 45.6 Å². The Morgan fingerprint density at radius 2 is 2.00 bits per heavy atom. The summed E-state index contributed by atoms with van der Waals surface area (Å²) >= 11 is 7.95. The van der Waals surface area contributed by atoms with E-state index in [1.54, 1.807) is 22.7 Å². The molecule has 4 aromatic rings. The van der Waals surface area contributed by atoms with Gasteiger partial charge in [-0.25, -0.2) is 0 Å². The lowest BCUT2D eigenvalue weighted by Crippen LogP contribution is -2.30. The van der Waals surface area contributed by atoms with Crippen LogP contribution in [0.3, 0.4) is 0 Å². The van der Waals surface area contributed by atoms with Gasteiger partial charge in [-0.1, -0.05) is 24.3 Å². The fourth-order valence-electron chi connectivity index (χ4n) is 4.24. The average molecular weight is 423 g/mol. The van der Waals surface area contributed by atoms with E-state index >= 15 is 0 Å². The second kappa shape index (κ2) is 7.01. The first kappa shape index (κ1) is 18.4. The number of thioether (sulfide) groups is 1. The minimum atomic E-state index is -0.115. The minimum Gasteiger partial charge on any atom is -0.507 e. The molecule has 2 N–H and O–H groups in total. The number of alkyl halides is 1. The monoisotopic (exact) mass is 422 g/mol. The molecule has 0 unspecified atom stereocenters. The van der Waals surface area contributed by atoms with Crippen molar-refractivity contribution >= 4 is 56.6 Å². The number of hydrogen-bond donors (Lipinski definition) is 2. The summed E-state index contributed by atoms with van der Waals surface area (Å²) in [4.78, 5) is 19.5. The molecule has 0 fully saturated rings. The molecule has 3 aromatic carbocycles. The molecule has 0 saturated heterocycles. The van der Waals surface area contributed by atoms with E-state index < -0.39 is 0 Å². The summed E-state index contributed by atoms with van der Waals surface area (Å²) in [6, 6.07) is 17.4.